The van der Waals surface area contributed by atoms with Gasteiger partial charge in [-0.15, -0.1) is 0 Å². The lowest BCUT2D eigenvalue weighted by Gasteiger charge is -2.41. The quantitative estimate of drug-likeness (QED) is 0.916. The number of rotatable bonds is 3. The van der Waals surface area contributed by atoms with E-state index in [1.165, 1.54) is 6.42 Å². The van der Waals surface area contributed by atoms with Crippen LogP contribution in [0.1, 0.15) is 51.1 Å². The van der Waals surface area contributed by atoms with Gasteiger partial charge < -0.3 is 10.2 Å². The van der Waals surface area contributed by atoms with Gasteiger partial charge in [0.2, 0.25) is 11.8 Å². The number of carbonyl (C=O) groups is 2. The highest BCUT2D eigenvalue weighted by Gasteiger charge is 2.33. The monoisotopic (exact) mass is 343 g/mol. The van der Waals surface area contributed by atoms with Crippen LogP contribution in [0.25, 0.3) is 0 Å². The Bertz CT molecular complexity index is 594. The number of amides is 2. The minimum Gasteiger partial charge on any atom is -0.355 e. The van der Waals surface area contributed by atoms with Crippen molar-refractivity contribution in [1.29, 1.82) is 0 Å². The van der Waals surface area contributed by atoms with Crippen LogP contribution in [-0.4, -0.2) is 53.3 Å². The van der Waals surface area contributed by atoms with Gasteiger partial charge in [0.1, 0.15) is 0 Å². The Kier molecular flexibility index (Phi) is 5.74. The lowest BCUT2D eigenvalue weighted by molar-refractivity contribution is -0.139. The Labute approximate surface area is 150 Å². The van der Waals surface area contributed by atoms with E-state index in [0.717, 1.165) is 18.4 Å². The zero-order valence-electron chi connectivity index (χ0n) is 15.3. The standard InChI is InChI=1S/C20H29N3O2/c1-15-7-6-8-16(2)23(15)20(25)14-22-12-11-21-19(24)13-18(22)17-9-4-3-5-10-17/h3-5,9-10,15-16,18H,6-8,11-14H2,1-2H3,(H,21,24)/t15-,16-,18-/m1/s1. The van der Waals surface area contributed by atoms with Gasteiger partial charge in [-0.2, -0.15) is 0 Å². The summed E-state index contributed by atoms with van der Waals surface area (Å²) >= 11 is 0. The molecule has 0 aromatic heterocycles. The summed E-state index contributed by atoms with van der Waals surface area (Å²) in [5, 5.41) is 2.94. The molecule has 0 saturated carbocycles. The first-order valence-electron chi connectivity index (χ1n) is 9.43. The second-order valence-corrected chi connectivity index (χ2v) is 7.38. The van der Waals surface area contributed by atoms with Gasteiger partial charge in [-0.1, -0.05) is 30.3 Å². The van der Waals surface area contributed by atoms with Crippen LogP contribution in [0.4, 0.5) is 0 Å². The first-order valence-corrected chi connectivity index (χ1v) is 9.43. The molecule has 5 heteroatoms. The number of nitrogens with one attached hydrogen (secondary N) is 1. The third-order valence-electron chi connectivity index (χ3n) is 5.54. The number of hydrogen-bond acceptors (Lipinski definition) is 3. The molecule has 2 aliphatic heterocycles. The Balaban J connectivity index is 1.77. The lowest BCUT2D eigenvalue weighted by Crippen LogP contribution is -2.51. The first-order chi connectivity index (χ1) is 12.1. The molecule has 136 valence electrons. The zero-order chi connectivity index (χ0) is 17.8. The van der Waals surface area contributed by atoms with Gasteiger partial charge in [-0.3, -0.25) is 14.5 Å². The van der Waals surface area contributed by atoms with Crippen LogP contribution >= 0.6 is 0 Å². The fraction of sp³-hybridized carbons (Fsp3) is 0.600. The highest BCUT2D eigenvalue weighted by molar-refractivity contribution is 5.80. The van der Waals surface area contributed by atoms with Crippen LogP contribution in [0.15, 0.2) is 30.3 Å². The summed E-state index contributed by atoms with van der Waals surface area (Å²) in [4.78, 5) is 29.3. The molecule has 0 unspecified atom stereocenters. The first kappa shape index (κ1) is 17.9. The van der Waals surface area contributed by atoms with Crippen molar-refractivity contribution < 1.29 is 9.59 Å². The van der Waals surface area contributed by atoms with Crippen molar-refractivity contribution in [3.05, 3.63) is 35.9 Å². The number of hydrogen-bond donors (Lipinski definition) is 1. The molecular weight excluding hydrogens is 314 g/mol. The third kappa shape index (κ3) is 4.21. The molecule has 0 aliphatic carbocycles. The van der Waals surface area contributed by atoms with E-state index in [2.05, 4.69) is 29.0 Å². The van der Waals surface area contributed by atoms with Crippen LogP contribution in [0.5, 0.6) is 0 Å². The SMILES string of the molecule is C[C@@H]1CCC[C@@H](C)N1C(=O)CN1CCNC(=O)C[C@@H]1c1ccccc1. The molecule has 2 heterocycles. The maximum Gasteiger partial charge on any atom is 0.237 e. The molecule has 0 spiro atoms. The van der Waals surface area contributed by atoms with Gasteiger partial charge >= 0.3 is 0 Å². The molecule has 0 radical (unpaired) electrons. The molecule has 2 aliphatic rings. The summed E-state index contributed by atoms with van der Waals surface area (Å²) < 4.78 is 0. The number of benzene rings is 1. The Morgan fingerprint density at radius 1 is 1.16 bits per heavy atom. The summed E-state index contributed by atoms with van der Waals surface area (Å²) in [6.45, 7) is 5.98. The molecule has 2 saturated heterocycles. The zero-order valence-corrected chi connectivity index (χ0v) is 15.3. The van der Waals surface area contributed by atoms with Crippen LogP contribution in [0, 0.1) is 0 Å². The van der Waals surface area contributed by atoms with Crippen molar-refractivity contribution in [3.8, 4) is 0 Å². The highest BCUT2D eigenvalue weighted by Crippen LogP contribution is 2.27. The largest absolute Gasteiger partial charge is 0.355 e. The van der Waals surface area contributed by atoms with Gasteiger partial charge in [-0.05, 0) is 38.7 Å². The topological polar surface area (TPSA) is 52.7 Å². The van der Waals surface area contributed by atoms with Crippen molar-refractivity contribution in [2.45, 2.75) is 57.7 Å². The fourth-order valence-corrected chi connectivity index (χ4v) is 4.23. The Hall–Kier alpha value is -1.88. The highest BCUT2D eigenvalue weighted by atomic mass is 16.2. The van der Waals surface area contributed by atoms with Crippen LogP contribution in [0.3, 0.4) is 0 Å². The predicted molar refractivity (Wildman–Crippen MR) is 98.0 cm³/mol. The van der Waals surface area contributed by atoms with Gasteiger partial charge in [0.15, 0.2) is 0 Å². The number of piperidine rings is 1. The van der Waals surface area contributed by atoms with Crippen molar-refractivity contribution >= 4 is 11.8 Å². The van der Waals surface area contributed by atoms with E-state index in [4.69, 9.17) is 0 Å². The van der Waals surface area contributed by atoms with Gasteiger partial charge in [0, 0.05) is 37.6 Å². The van der Waals surface area contributed by atoms with E-state index in [9.17, 15) is 9.59 Å². The third-order valence-corrected chi connectivity index (χ3v) is 5.54. The lowest BCUT2D eigenvalue weighted by atomic mass is 9.97. The second kappa shape index (κ2) is 8.00. The molecule has 5 nitrogen and oxygen atoms in total. The number of likely N-dealkylation sites (tertiary alicyclic amines) is 1. The minimum absolute atomic E-state index is 0.0388. The molecular formula is C20H29N3O2. The maximum absolute atomic E-state index is 13.0. The van der Waals surface area contributed by atoms with Gasteiger partial charge in [-0.25, -0.2) is 0 Å². The van der Waals surface area contributed by atoms with Gasteiger partial charge in [0.25, 0.3) is 0 Å². The van der Waals surface area contributed by atoms with Crippen molar-refractivity contribution in [3.63, 3.8) is 0 Å². The number of carbonyl (C=O) groups excluding carboxylic acids is 2. The van der Waals surface area contributed by atoms with Crippen molar-refractivity contribution in [2.75, 3.05) is 19.6 Å². The summed E-state index contributed by atoms with van der Waals surface area (Å²) in [6.07, 6.45) is 3.76. The molecule has 2 amide bonds. The molecule has 1 N–H and O–H groups in total. The summed E-state index contributed by atoms with van der Waals surface area (Å²) in [5.41, 5.74) is 1.10. The van der Waals surface area contributed by atoms with Crippen LogP contribution in [-0.2, 0) is 9.59 Å². The van der Waals surface area contributed by atoms with Crippen molar-refractivity contribution in [2.24, 2.45) is 0 Å². The molecule has 2 fully saturated rings. The van der Waals surface area contributed by atoms with E-state index in [0.29, 0.717) is 38.1 Å². The van der Waals surface area contributed by atoms with Crippen LogP contribution < -0.4 is 5.32 Å². The molecule has 3 atom stereocenters. The average molecular weight is 343 g/mol. The normalized spacial score (nSPS) is 28.3. The van der Waals surface area contributed by atoms with E-state index in [-0.39, 0.29) is 17.9 Å². The Morgan fingerprint density at radius 3 is 2.52 bits per heavy atom. The number of nitrogens with zero attached hydrogens (tertiary/aromatic N) is 2. The molecule has 0 bridgehead atoms. The maximum atomic E-state index is 13.0. The second-order valence-electron chi connectivity index (χ2n) is 7.38. The molecule has 1 aromatic carbocycles. The van der Waals surface area contributed by atoms with E-state index < -0.39 is 0 Å². The Morgan fingerprint density at radius 2 is 1.84 bits per heavy atom. The smallest absolute Gasteiger partial charge is 0.237 e. The van der Waals surface area contributed by atoms with Crippen molar-refractivity contribution in [1.82, 2.24) is 15.1 Å². The summed E-state index contributed by atoms with van der Waals surface area (Å²) in [7, 11) is 0. The van der Waals surface area contributed by atoms with Crippen LogP contribution in [0.2, 0.25) is 0 Å². The van der Waals surface area contributed by atoms with E-state index in [1.807, 2.05) is 30.3 Å². The summed E-state index contributed by atoms with van der Waals surface area (Å²) in [6, 6.07) is 10.6. The van der Waals surface area contributed by atoms with Gasteiger partial charge in [0.05, 0.1) is 6.54 Å². The predicted octanol–water partition coefficient (Wildman–Crippen LogP) is 2.34. The minimum atomic E-state index is -0.0388. The fourth-order valence-electron chi connectivity index (χ4n) is 4.23. The average Bonchev–Trinajstić information content (AvgIpc) is 2.77. The van der Waals surface area contributed by atoms with E-state index >= 15 is 0 Å². The summed E-state index contributed by atoms with van der Waals surface area (Å²) in [5.74, 6) is 0.249. The molecule has 3 rings (SSSR count). The molecule has 1 aromatic rings. The van der Waals surface area contributed by atoms with E-state index in [1.54, 1.807) is 0 Å². The molecule has 25 heavy (non-hydrogen) atoms.